The van der Waals surface area contributed by atoms with E-state index in [0.29, 0.717) is 12.0 Å². The molecule has 1 aromatic carbocycles. The van der Waals surface area contributed by atoms with Crippen molar-refractivity contribution in [3.8, 4) is 0 Å². The molecule has 2 N–H and O–H groups in total. The highest BCUT2D eigenvalue weighted by Crippen LogP contribution is 2.14. The van der Waals surface area contributed by atoms with Crippen LogP contribution in [-0.4, -0.2) is 29.3 Å². The molecular formula is C16H23ClN2O2. The maximum absolute atomic E-state index is 11.9. The van der Waals surface area contributed by atoms with E-state index in [9.17, 15) is 9.59 Å². The molecule has 0 saturated carbocycles. The van der Waals surface area contributed by atoms with E-state index in [1.54, 1.807) is 12.1 Å². The maximum Gasteiger partial charge on any atom is 0.251 e. The van der Waals surface area contributed by atoms with Crippen molar-refractivity contribution >= 4 is 23.4 Å². The van der Waals surface area contributed by atoms with Crippen LogP contribution in [0.5, 0.6) is 0 Å². The zero-order chi connectivity index (χ0) is 16.0. The van der Waals surface area contributed by atoms with Gasteiger partial charge in [0.25, 0.3) is 5.91 Å². The lowest BCUT2D eigenvalue weighted by Gasteiger charge is -2.26. The van der Waals surface area contributed by atoms with Crippen molar-refractivity contribution in [1.82, 2.24) is 10.6 Å². The van der Waals surface area contributed by atoms with Crippen LogP contribution < -0.4 is 10.6 Å². The molecule has 0 saturated heterocycles. The summed E-state index contributed by atoms with van der Waals surface area (Å²) in [7, 11) is 0. The first kappa shape index (κ1) is 17.5. The van der Waals surface area contributed by atoms with Gasteiger partial charge in [-0.05, 0) is 51.8 Å². The minimum Gasteiger partial charge on any atom is -0.350 e. The minimum atomic E-state index is -0.381. The van der Waals surface area contributed by atoms with Crippen molar-refractivity contribution in [2.24, 2.45) is 0 Å². The summed E-state index contributed by atoms with van der Waals surface area (Å²) in [5.41, 5.74) is 1.30. The van der Waals surface area contributed by atoms with Gasteiger partial charge in [-0.1, -0.05) is 12.1 Å². The van der Waals surface area contributed by atoms with Crippen LogP contribution in [0.4, 0.5) is 0 Å². The van der Waals surface area contributed by atoms with Crippen molar-refractivity contribution in [2.75, 3.05) is 5.88 Å². The zero-order valence-corrected chi connectivity index (χ0v) is 13.8. The average Bonchev–Trinajstić information content (AvgIpc) is 2.37. The number of hydrogen-bond donors (Lipinski definition) is 2. The van der Waals surface area contributed by atoms with Gasteiger partial charge < -0.3 is 10.6 Å². The zero-order valence-electron chi connectivity index (χ0n) is 13.0. The molecule has 0 aromatic heterocycles. The third-order valence-electron chi connectivity index (χ3n) is 2.88. The Morgan fingerprint density at radius 1 is 1.19 bits per heavy atom. The van der Waals surface area contributed by atoms with Gasteiger partial charge in [0.1, 0.15) is 5.88 Å². The van der Waals surface area contributed by atoms with Gasteiger partial charge in [-0.3, -0.25) is 9.59 Å². The third kappa shape index (κ3) is 6.17. The summed E-state index contributed by atoms with van der Waals surface area (Å²) < 4.78 is 0. The number of benzene rings is 1. The molecule has 0 heterocycles. The van der Waals surface area contributed by atoms with Crippen LogP contribution in [0.2, 0.25) is 0 Å². The van der Waals surface area contributed by atoms with Gasteiger partial charge in [0.2, 0.25) is 5.91 Å². The topological polar surface area (TPSA) is 58.2 Å². The van der Waals surface area contributed by atoms with E-state index < -0.39 is 0 Å². The van der Waals surface area contributed by atoms with Gasteiger partial charge in [0.05, 0.1) is 0 Å². The van der Waals surface area contributed by atoms with E-state index in [-0.39, 0.29) is 29.3 Å². The highest BCUT2D eigenvalue weighted by Gasteiger charge is 2.20. The first-order valence-corrected chi connectivity index (χ1v) is 7.54. The molecule has 4 nitrogen and oxygen atoms in total. The number of hydrogen-bond acceptors (Lipinski definition) is 2. The molecule has 0 spiro atoms. The molecule has 5 heteroatoms. The Balaban J connectivity index is 2.70. The summed E-state index contributed by atoms with van der Waals surface area (Å²) in [5, 5.41) is 5.72. The second kappa shape index (κ2) is 7.46. The van der Waals surface area contributed by atoms with Gasteiger partial charge in [0, 0.05) is 17.1 Å². The summed E-state index contributed by atoms with van der Waals surface area (Å²) in [6, 6.07) is 7.52. The summed E-state index contributed by atoms with van der Waals surface area (Å²) in [4.78, 5) is 23.2. The Labute approximate surface area is 131 Å². The van der Waals surface area contributed by atoms with E-state index in [1.165, 1.54) is 0 Å². The Bertz CT molecular complexity index is 496. The lowest BCUT2D eigenvalue weighted by molar-refractivity contribution is -0.120. The molecule has 0 fully saturated rings. The number of rotatable bonds is 6. The fraction of sp³-hybridized carbons (Fsp3) is 0.500. The quantitative estimate of drug-likeness (QED) is 0.793. The number of nitrogens with one attached hydrogen (secondary N) is 2. The molecule has 0 aliphatic rings. The first-order chi connectivity index (χ1) is 9.73. The summed E-state index contributed by atoms with van der Waals surface area (Å²) in [6.45, 7) is 7.73. The Morgan fingerprint density at radius 2 is 1.76 bits per heavy atom. The second-order valence-electron chi connectivity index (χ2n) is 6.07. The monoisotopic (exact) mass is 310 g/mol. The van der Waals surface area contributed by atoms with Crippen LogP contribution >= 0.6 is 11.6 Å². The van der Waals surface area contributed by atoms with Crippen LogP contribution in [0.1, 0.15) is 43.6 Å². The highest BCUT2D eigenvalue weighted by molar-refractivity contribution is 6.27. The van der Waals surface area contributed by atoms with Gasteiger partial charge in [0.15, 0.2) is 0 Å². The predicted octanol–water partition coefficient (Wildman–Crippen LogP) is 2.50. The van der Waals surface area contributed by atoms with Crippen LogP contribution in [-0.2, 0) is 11.2 Å². The first-order valence-electron chi connectivity index (χ1n) is 7.00. The molecular weight excluding hydrogens is 288 g/mol. The summed E-state index contributed by atoms with van der Waals surface area (Å²) in [6.07, 6.45) is 0.668. The largest absolute Gasteiger partial charge is 0.350 e. The van der Waals surface area contributed by atoms with Crippen molar-refractivity contribution in [1.29, 1.82) is 0 Å². The molecule has 1 aromatic rings. The molecule has 0 bridgehead atoms. The van der Waals surface area contributed by atoms with E-state index >= 15 is 0 Å². The number of carbonyl (C=O) groups excluding carboxylic acids is 2. The van der Waals surface area contributed by atoms with Crippen LogP contribution in [0, 0.1) is 0 Å². The van der Waals surface area contributed by atoms with Crippen LogP contribution in [0.25, 0.3) is 0 Å². The normalized spacial score (nSPS) is 11.3. The maximum atomic E-state index is 11.9. The van der Waals surface area contributed by atoms with Crippen molar-refractivity contribution < 1.29 is 9.59 Å². The fourth-order valence-electron chi connectivity index (χ4n) is 2.08. The fourth-order valence-corrected chi connectivity index (χ4v) is 2.15. The molecule has 0 aliphatic carbocycles. The van der Waals surface area contributed by atoms with Gasteiger partial charge in [-0.25, -0.2) is 0 Å². The third-order valence-corrected chi connectivity index (χ3v) is 3.12. The summed E-state index contributed by atoms with van der Waals surface area (Å²) >= 11 is 5.50. The number of alkyl halides is 1. The average molecular weight is 311 g/mol. The van der Waals surface area contributed by atoms with E-state index in [4.69, 9.17) is 11.6 Å². The van der Waals surface area contributed by atoms with Gasteiger partial charge in [-0.15, -0.1) is 11.6 Å². The van der Waals surface area contributed by atoms with Crippen molar-refractivity contribution in [3.05, 3.63) is 35.4 Å². The highest BCUT2D eigenvalue weighted by atomic mass is 35.5. The SMILES string of the molecule is CC(C)NC(=O)c1ccc(CC(C)(C)NC(=O)CCl)cc1. The van der Waals surface area contributed by atoms with E-state index in [0.717, 1.165) is 5.56 Å². The Morgan fingerprint density at radius 3 is 2.24 bits per heavy atom. The number of carbonyl (C=O) groups is 2. The summed E-state index contributed by atoms with van der Waals surface area (Å²) in [5.74, 6) is -0.307. The Hall–Kier alpha value is -1.55. The molecule has 0 aliphatic heterocycles. The number of amides is 2. The predicted molar refractivity (Wildman–Crippen MR) is 85.7 cm³/mol. The molecule has 2 amide bonds. The second-order valence-corrected chi connectivity index (χ2v) is 6.33. The van der Waals surface area contributed by atoms with Crippen molar-refractivity contribution in [2.45, 2.75) is 45.7 Å². The smallest absolute Gasteiger partial charge is 0.251 e. The molecule has 0 radical (unpaired) electrons. The van der Waals surface area contributed by atoms with Gasteiger partial charge in [-0.2, -0.15) is 0 Å². The molecule has 0 unspecified atom stereocenters. The standard InChI is InChI=1S/C16H23ClN2O2/c1-11(2)18-15(21)13-7-5-12(6-8-13)9-16(3,4)19-14(20)10-17/h5-8,11H,9-10H2,1-4H3,(H,18,21)(H,19,20). The van der Waals surface area contributed by atoms with Gasteiger partial charge >= 0.3 is 0 Å². The van der Waals surface area contributed by atoms with Crippen LogP contribution in [0.3, 0.4) is 0 Å². The molecule has 21 heavy (non-hydrogen) atoms. The lowest BCUT2D eigenvalue weighted by atomic mass is 9.94. The Kier molecular flexibility index (Phi) is 6.21. The minimum absolute atomic E-state index is 0.0439. The molecule has 0 atom stereocenters. The lowest BCUT2D eigenvalue weighted by Crippen LogP contribution is -2.45. The number of halogens is 1. The van der Waals surface area contributed by atoms with Crippen molar-refractivity contribution in [3.63, 3.8) is 0 Å². The van der Waals surface area contributed by atoms with E-state index in [1.807, 2.05) is 39.8 Å². The molecule has 116 valence electrons. The van der Waals surface area contributed by atoms with Crippen LogP contribution in [0.15, 0.2) is 24.3 Å². The van der Waals surface area contributed by atoms with E-state index in [2.05, 4.69) is 10.6 Å². The molecule has 1 rings (SSSR count).